The first kappa shape index (κ1) is 16.9. The maximum atomic E-state index is 5.58. The minimum atomic E-state index is 0.189. The predicted octanol–water partition coefficient (Wildman–Crippen LogP) is 2.70. The average Bonchev–Trinajstić information content (AvgIpc) is 2.19. The van der Waals surface area contributed by atoms with Crippen LogP contribution in [0.5, 0.6) is 0 Å². The monoisotopic (exact) mass is 245 g/mol. The molecule has 1 unspecified atom stereocenters. The molecule has 0 aromatic carbocycles. The zero-order chi connectivity index (χ0) is 13.3. The summed E-state index contributed by atoms with van der Waals surface area (Å²) in [7, 11) is 0. The van der Waals surface area contributed by atoms with Gasteiger partial charge >= 0.3 is 0 Å². The third-order valence-electron chi connectivity index (χ3n) is 2.21. The van der Waals surface area contributed by atoms with E-state index in [9.17, 15) is 0 Å². The van der Waals surface area contributed by atoms with E-state index in [1.165, 1.54) is 0 Å². The van der Waals surface area contributed by atoms with E-state index in [1.807, 2.05) is 0 Å². The highest BCUT2D eigenvalue weighted by Gasteiger charge is 2.10. The van der Waals surface area contributed by atoms with Gasteiger partial charge in [0, 0.05) is 18.7 Å². The summed E-state index contributed by atoms with van der Waals surface area (Å²) < 4.78 is 11.0. The highest BCUT2D eigenvalue weighted by Crippen LogP contribution is 2.01. The van der Waals surface area contributed by atoms with Crippen molar-refractivity contribution in [3.05, 3.63) is 0 Å². The lowest BCUT2D eigenvalue weighted by Gasteiger charge is -2.23. The molecule has 0 saturated heterocycles. The second-order valence-corrected chi connectivity index (χ2v) is 6.28. The van der Waals surface area contributed by atoms with Gasteiger partial charge in [0.2, 0.25) is 0 Å². The Hall–Kier alpha value is -0.120. The van der Waals surface area contributed by atoms with Crippen LogP contribution in [0.1, 0.15) is 41.5 Å². The van der Waals surface area contributed by atoms with Crippen molar-refractivity contribution in [2.45, 2.75) is 47.1 Å². The van der Waals surface area contributed by atoms with Crippen LogP contribution in [0.2, 0.25) is 0 Å². The summed E-state index contributed by atoms with van der Waals surface area (Å²) in [6.07, 6.45) is 0. The van der Waals surface area contributed by atoms with Crippen molar-refractivity contribution < 1.29 is 9.47 Å². The average molecular weight is 245 g/mol. The normalized spacial score (nSPS) is 14.3. The largest absolute Gasteiger partial charge is 0.379 e. The Morgan fingerprint density at radius 1 is 0.941 bits per heavy atom. The zero-order valence-corrected chi connectivity index (χ0v) is 12.5. The van der Waals surface area contributed by atoms with Crippen LogP contribution < -0.4 is 5.32 Å². The van der Waals surface area contributed by atoms with Crippen molar-refractivity contribution in [1.29, 1.82) is 0 Å². The fourth-order valence-electron chi connectivity index (χ4n) is 1.26. The van der Waals surface area contributed by atoms with Gasteiger partial charge in [-0.15, -0.1) is 0 Å². The maximum Gasteiger partial charge on any atom is 0.0700 e. The minimum Gasteiger partial charge on any atom is -0.379 e. The Kier molecular flexibility index (Phi) is 8.83. The Labute approximate surface area is 107 Å². The molecule has 1 N–H and O–H groups in total. The quantitative estimate of drug-likeness (QED) is 0.634. The summed E-state index contributed by atoms with van der Waals surface area (Å²) in [5.41, 5.74) is 0.189. The summed E-state index contributed by atoms with van der Waals surface area (Å²) in [4.78, 5) is 0. The molecule has 1 atom stereocenters. The second-order valence-electron chi connectivity index (χ2n) is 6.28. The Bertz CT molecular complexity index is 176. The van der Waals surface area contributed by atoms with Crippen LogP contribution in [0.15, 0.2) is 0 Å². The molecule has 0 radical (unpaired) electrons. The van der Waals surface area contributed by atoms with Crippen molar-refractivity contribution in [3.63, 3.8) is 0 Å². The summed E-state index contributed by atoms with van der Waals surface area (Å²) in [6, 6.07) is 0. The van der Waals surface area contributed by atoms with Gasteiger partial charge in [-0.05, 0) is 32.6 Å². The number of nitrogens with one attached hydrogen (secondary N) is 1. The van der Waals surface area contributed by atoms with Gasteiger partial charge in [0.25, 0.3) is 0 Å². The van der Waals surface area contributed by atoms with Crippen LogP contribution in [0.4, 0.5) is 0 Å². The van der Waals surface area contributed by atoms with E-state index in [2.05, 4.69) is 46.9 Å². The van der Waals surface area contributed by atoms with Crippen LogP contribution in [-0.2, 0) is 9.47 Å². The molecule has 0 aliphatic heterocycles. The van der Waals surface area contributed by atoms with Gasteiger partial charge in [0.1, 0.15) is 0 Å². The van der Waals surface area contributed by atoms with E-state index in [0.717, 1.165) is 19.8 Å². The second kappa shape index (κ2) is 8.90. The fourth-order valence-corrected chi connectivity index (χ4v) is 1.26. The molecule has 3 nitrogen and oxygen atoms in total. The highest BCUT2D eigenvalue weighted by atomic mass is 16.5. The van der Waals surface area contributed by atoms with E-state index in [4.69, 9.17) is 9.47 Å². The SMILES string of the molecule is CC(C)COCCOCC(C)CNC(C)(C)C. The molecule has 0 aromatic rings. The third kappa shape index (κ3) is 13.8. The number of hydrogen-bond acceptors (Lipinski definition) is 3. The van der Waals surface area contributed by atoms with Crippen LogP contribution in [0.25, 0.3) is 0 Å². The molecule has 0 bridgehead atoms. The van der Waals surface area contributed by atoms with Crippen molar-refractivity contribution in [3.8, 4) is 0 Å². The third-order valence-corrected chi connectivity index (χ3v) is 2.21. The van der Waals surface area contributed by atoms with Gasteiger partial charge in [-0.3, -0.25) is 0 Å². The topological polar surface area (TPSA) is 30.5 Å². The van der Waals surface area contributed by atoms with Gasteiger partial charge in [0.05, 0.1) is 19.8 Å². The molecule has 3 heteroatoms. The van der Waals surface area contributed by atoms with E-state index in [1.54, 1.807) is 0 Å². The van der Waals surface area contributed by atoms with Gasteiger partial charge < -0.3 is 14.8 Å². The molecule has 17 heavy (non-hydrogen) atoms. The summed E-state index contributed by atoms with van der Waals surface area (Å²) in [6.45, 7) is 17.1. The lowest BCUT2D eigenvalue weighted by molar-refractivity contribution is 0.0268. The van der Waals surface area contributed by atoms with E-state index in [-0.39, 0.29) is 5.54 Å². The summed E-state index contributed by atoms with van der Waals surface area (Å²) in [5, 5.41) is 3.48. The number of rotatable bonds is 9. The summed E-state index contributed by atoms with van der Waals surface area (Å²) in [5.74, 6) is 1.14. The Morgan fingerprint density at radius 3 is 1.94 bits per heavy atom. The minimum absolute atomic E-state index is 0.189. The van der Waals surface area contributed by atoms with Crippen LogP contribution in [0.3, 0.4) is 0 Å². The first-order valence-corrected chi connectivity index (χ1v) is 6.72. The van der Waals surface area contributed by atoms with E-state index >= 15 is 0 Å². The molecule has 0 heterocycles. The van der Waals surface area contributed by atoms with Crippen molar-refractivity contribution in [2.75, 3.05) is 33.0 Å². The van der Waals surface area contributed by atoms with Gasteiger partial charge in [-0.1, -0.05) is 20.8 Å². The van der Waals surface area contributed by atoms with Crippen molar-refractivity contribution >= 4 is 0 Å². The molecule has 0 amide bonds. The molecular formula is C14H31NO2. The van der Waals surface area contributed by atoms with Crippen LogP contribution in [0, 0.1) is 11.8 Å². The van der Waals surface area contributed by atoms with Gasteiger partial charge in [-0.25, -0.2) is 0 Å². The summed E-state index contributed by atoms with van der Waals surface area (Å²) >= 11 is 0. The van der Waals surface area contributed by atoms with Crippen molar-refractivity contribution in [1.82, 2.24) is 5.32 Å². The van der Waals surface area contributed by atoms with Crippen molar-refractivity contribution in [2.24, 2.45) is 11.8 Å². The lowest BCUT2D eigenvalue weighted by Crippen LogP contribution is -2.39. The first-order chi connectivity index (χ1) is 7.81. The molecule has 0 rings (SSSR count). The van der Waals surface area contributed by atoms with E-state index in [0.29, 0.717) is 25.0 Å². The smallest absolute Gasteiger partial charge is 0.0700 e. The highest BCUT2D eigenvalue weighted by molar-refractivity contribution is 4.71. The molecular weight excluding hydrogens is 214 g/mol. The Morgan fingerprint density at radius 2 is 1.47 bits per heavy atom. The van der Waals surface area contributed by atoms with Gasteiger partial charge in [0.15, 0.2) is 0 Å². The lowest BCUT2D eigenvalue weighted by atomic mass is 10.1. The number of ether oxygens (including phenoxy) is 2. The molecule has 0 aromatic heterocycles. The molecule has 104 valence electrons. The molecule has 0 fully saturated rings. The first-order valence-electron chi connectivity index (χ1n) is 6.72. The molecule has 0 spiro atoms. The molecule has 0 aliphatic carbocycles. The van der Waals surface area contributed by atoms with Crippen LogP contribution >= 0.6 is 0 Å². The van der Waals surface area contributed by atoms with Gasteiger partial charge in [-0.2, -0.15) is 0 Å². The Balaban J connectivity index is 3.31. The molecule has 0 saturated carbocycles. The zero-order valence-electron chi connectivity index (χ0n) is 12.5. The van der Waals surface area contributed by atoms with E-state index < -0.39 is 0 Å². The molecule has 0 aliphatic rings. The standard InChI is InChI=1S/C14H31NO2/c1-12(2)10-16-7-8-17-11-13(3)9-15-14(4,5)6/h12-13,15H,7-11H2,1-6H3. The number of hydrogen-bond donors (Lipinski definition) is 1. The fraction of sp³-hybridized carbons (Fsp3) is 1.00. The predicted molar refractivity (Wildman–Crippen MR) is 73.4 cm³/mol. The van der Waals surface area contributed by atoms with Crippen LogP contribution in [-0.4, -0.2) is 38.5 Å². The maximum absolute atomic E-state index is 5.58.